The first-order chi connectivity index (χ1) is 15.1. The van der Waals surface area contributed by atoms with Crippen LogP contribution in [0.4, 0.5) is 0 Å². The number of aromatic nitrogens is 1. The Morgan fingerprint density at radius 3 is 2.39 bits per heavy atom. The van der Waals surface area contributed by atoms with Crippen molar-refractivity contribution in [3.8, 4) is 5.75 Å². The van der Waals surface area contributed by atoms with E-state index in [1.165, 1.54) is 11.8 Å². The van der Waals surface area contributed by atoms with Crippen LogP contribution in [-0.2, 0) is 4.74 Å². The fourth-order valence-electron chi connectivity index (χ4n) is 2.87. The van der Waals surface area contributed by atoms with E-state index in [-0.39, 0.29) is 24.0 Å². The average Bonchev–Trinajstić information content (AvgIpc) is 3.30. The van der Waals surface area contributed by atoms with Crippen molar-refractivity contribution in [3.05, 3.63) is 83.6 Å². The molecular weight excluding hydrogens is 416 g/mol. The third kappa shape index (κ3) is 5.16. The molecule has 1 N–H and O–H groups in total. The van der Waals surface area contributed by atoms with Crippen molar-refractivity contribution in [2.24, 2.45) is 0 Å². The second-order valence-corrected chi connectivity index (χ2v) is 7.02. The lowest BCUT2D eigenvalue weighted by molar-refractivity contribution is 0.0518. The summed E-state index contributed by atoms with van der Waals surface area (Å²) in [6.45, 7) is 1.89. The second-order valence-electron chi connectivity index (χ2n) is 6.21. The maximum Gasteiger partial charge on any atom is 0.361 e. The van der Waals surface area contributed by atoms with Gasteiger partial charge in [0, 0.05) is 10.5 Å². The number of nitrogens with zero attached hydrogens (tertiary/aromatic N) is 1. The topological polar surface area (TPSA) is 90.7 Å². The summed E-state index contributed by atoms with van der Waals surface area (Å²) in [6.07, 6.45) is 3.02. The highest BCUT2D eigenvalue weighted by Crippen LogP contribution is 2.35. The van der Waals surface area contributed by atoms with Gasteiger partial charge in [-0.1, -0.05) is 30.3 Å². The number of rotatable bonds is 8. The van der Waals surface area contributed by atoms with Crippen LogP contribution < -0.4 is 10.1 Å². The lowest BCUT2D eigenvalue weighted by Crippen LogP contribution is -2.24. The van der Waals surface area contributed by atoms with Gasteiger partial charge in [-0.25, -0.2) is 9.78 Å². The number of methoxy groups -OCH3 is 1. The Kier molecular flexibility index (Phi) is 7.50. The zero-order valence-electron chi connectivity index (χ0n) is 17.4. The predicted octanol–water partition coefficient (Wildman–Crippen LogP) is 4.48. The van der Waals surface area contributed by atoms with Crippen LogP contribution in [0.25, 0.3) is 10.6 Å². The molecule has 0 saturated heterocycles. The highest BCUT2D eigenvalue weighted by Gasteiger charge is 2.26. The van der Waals surface area contributed by atoms with Crippen molar-refractivity contribution in [1.82, 2.24) is 10.3 Å². The summed E-state index contributed by atoms with van der Waals surface area (Å²) in [6, 6.07) is 16.1. The van der Waals surface area contributed by atoms with Crippen molar-refractivity contribution < 1.29 is 23.5 Å². The quantitative estimate of drug-likeness (QED) is 0.519. The van der Waals surface area contributed by atoms with Gasteiger partial charge in [0.25, 0.3) is 5.91 Å². The Hall–Kier alpha value is -3.52. The highest BCUT2D eigenvalue weighted by atomic mass is 32.2. The third-order valence-corrected chi connectivity index (χ3v) is 5.17. The molecule has 0 atom stereocenters. The van der Waals surface area contributed by atoms with Gasteiger partial charge < -0.3 is 19.2 Å². The molecule has 2 aromatic carbocycles. The number of carbonyl (C=O) groups excluding carboxylic acids is 2. The van der Waals surface area contributed by atoms with Crippen LogP contribution in [0.5, 0.6) is 5.75 Å². The number of hydrogen-bond acceptors (Lipinski definition) is 7. The van der Waals surface area contributed by atoms with E-state index >= 15 is 0 Å². The molecule has 1 aromatic heterocycles. The van der Waals surface area contributed by atoms with Crippen LogP contribution in [0, 0.1) is 0 Å². The molecule has 0 unspecified atom stereocenters. The number of amides is 1. The predicted molar refractivity (Wildman–Crippen MR) is 120 cm³/mol. The standard InChI is InChI=1S/C23H22N2O5S/c1-4-29-23(27)19-20(30-14-24-19)18(25-22(26)16-8-6-5-7-9-16)21(31-3)15-10-12-17(28-2)13-11-15/h5-14H,4H2,1-3H3,(H,25,26)/b21-18-. The van der Waals surface area contributed by atoms with E-state index in [9.17, 15) is 9.59 Å². The summed E-state index contributed by atoms with van der Waals surface area (Å²) < 4.78 is 15.9. The Morgan fingerprint density at radius 1 is 1.06 bits per heavy atom. The molecule has 3 aromatic rings. The highest BCUT2D eigenvalue weighted by molar-refractivity contribution is 8.07. The van der Waals surface area contributed by atoms with Crippen molar-refractivity contribution in [3.63, 3.8) is 0 Å². The van der Waals surface area contributed by atoms with E-state index in [4.69, 9.17) is 13.9 Å². The van der Waals surface area contributed by atoms with E-state index in [2.05, 4.69) is 10.3 Å². The first kappa shape index (κ1) is 22.2. The van der Waals surface area contributed by atoms with Gasteiger partial charge in [0.05, 0.1) is 13.7 Å². The molecule has 0 aliphatic carbocycles. The van der Waals surface area contributed by atoms with Crippen LogP contribution in [0.2, 0.25) is 0 Å². The van der Waals surface area contributed by atoms with Crippen LogP contribution in [0.3, 0.4) is 0 Å². The number of benzene rings is 2. The molecule has 0 fully saturated rings. The van der Waals surface area contributed by atoms with Crippen LogP contribution in [0.1, 0.15) is 39.1 Å². The number of thioether (sulfide) groups is 1. The van der Waals surface area contributed by atoms with Crippen LogP contribution >= 0.6 is 11.8 Å². The first-order valence-electron chi connectivity index (χ1n) is 9.49. The first-order valence-corrected chi connectivity index (χ1v) is 10.7. The van der Waals surface area contributed by atoms with Gasteiger partial charge in [-0.15, -0.1) is 11.8 Å². The number of ether oxygens (including phenoxy) is 2. The minimum Gasteiger partial charge on any atom is -0.497 e. The monoisotopic (exact) mass is 438 g/mol. The molecule has 0 spiro atoms. The summed E-state index contributed by atoms with van der Waals surface area (Å²) in [5.74, 6) is -0.149. The number of carbonyl (C=O) groups is 2. The summed E-state index contributed by atoms with van der Waals surface area (Å²) in [5, 5.41) is 2.90. The van der Waals surface area contributed by atoms with E-state index in [0.29, 0.717) is 21.9 Å². The van der Waals surface area contributed by atoms with Crippen LogP contribution in [-0.4, -0.2) is 36.8 Å². The third-order valence-electron chi connectivity index (χ3n) is 4.32. The summed E-state index contributed by atoms with van der Waals surface area (Å²) in [7, 11) is 1.59. The fraction of sp³-hybridized carbons (Fsp3) is 0.174. The van der Waals surface area contributed by atoms with Gasteiger partial charge in [0.15, 0.2) is 17.8 Å². The molecule has 8 heteroatoms. The maximum atomic E-state index is 13.0. The molecule has 0 saturated carbocycles. The van der Waals surface area contributed by atoms with E-state index in [1.54, 1.807) is 38.3 Å². The van der Waals surface area contributed by atoms with Crippen molar-refractivity contribution in [2.45, 2.75) is 6.92 Å². The van der Waals surface area contributed by atoms with Gasteiger partial charge in [-0.3, -0.25) is 4.79 Å². The Morgan fingerprint density at radius 2 is 1.77 bits per heavy atom. The molecule has 0 aliphatic heterocycles. The Balaban J connectivity index is 2.13. The van der Waals surface area contributed by atoms with E-state index in [1.807, 2.05) is 36.6 Å². The second kappa shape index (κ2) is 10.5. The molecule has 3 rings (SSSR count). The van der Waals surface area contributed by atoms with Crippen LogP contribution in [0.15, 0.2) is 65.4 Å². The molecule has 7 nitrogen and oxygen atoms in total. The minimum atomic E-state index is -0.632. The van der Waals surface area contributed by atoms with Gasteiger partial charge in [0.2, 0.25) is 0 Å². The fourth-order valence-corrected chi connectivity index (χ4v) is 3.59. The molecule has 0 radical (unpaired) electrons. The SMILES string of the molecule is CCOC(=O)c1ncoc1/C(NC(=O)c1ccccc1)=C(/SC)c1ccc(OC)cc1. The van der Waals surface area contributed by atoms with Crippen molar-refractivity contribution in [2.75, 3.05) is 20.0 Å². The number of oxazole rings is 1. The molecule has 0 aliphatic rings. The molecular formula is C23H22N2O5S. The minimum absolute atomic E-state index is 0.00901. The number of nitrogens with one attached hydrogen (secondary N) is 1. The zero-order chi connectivity index (χ0) is 22.2. The van der Waals surface area contributed by atoms with E-state index < -0.39 is 5.97 Å². The lowest BCUT2D eigenvalue weighted by Gasteiger charge is -2.15. The smallest absolute Gasteiger partial charge is 0.361 e. The molecule has 31 heavy (non-hydrogen) atoms. The summed E-state index contributed by atoms with van der Waals surface area (Å²) in [5.41, 5.74) is 1.59. The Labute approximate surface area is 184 Å². The molecule has 160 valence electrons. The molecule has 1 heterocycles. The molecule has 1 amide bonds. The van der Waals surface area contributed by atoms with E-state index in [0.717, 1.165) is 12.0 Å². The number of esters is 1. The van der Waals surface area contributed by atoms with Gasteiger partial charge in [-0.05, 0) is 43.0 Å². The van der Waals surface area contributed by atoms with Crippen molar-refractivity contribution in [1.29, 1.82) is 0 Å². The Bertz CT molecular complexity index is 1070. The number of hydrogen-bond donors (Lipinski definition) is 1. The zero-order valence-corrected chi connectivity index (χ0v) is 18.2. The molecule has 0 bridgehead atoms. The largest absolute Gasteiger partial charge is 0.497 e. The normalized spacial score (nSPS) is 11.5. The van der Waals surface area contributed by atoms with Gasteiger partial charge in [-0.2, -0.15) is 0 Å². The van der Waals surface area contributed by atoms with Gasteiger partial charge >= 0.3 is 5.97 Å². The van der Waals surface area contributed by atoms with Gasteiger partial charge in [0.1, 0.15) is 11.4 Å². The lowest BCUT2D eigenvalue weighted by atomic mass is 10.1. The average molecular weight is 439 g/mol. The summed E-state index contributed by atoms with van der Waals surface area (Å²) >= 11 is 1.40. The summed E-state index contributed by atoms with van der Waals surface area (Å²) in [4.78, 5) is 30.1. The van der Waals surface area contributed by atoms with Crippen molar-refractivity contribution >= 4 is 34.2 Å². The maximum absolute atomic E-state index is 13.0.